The summed E-state index contributed by atoms with van der Waals surface area (Å²) < 4.78 is 55.2. The molecule has 2 unspecified atom stereocenters. The number of pyridine rings is 1. The molecular formula is C29H29F3N4O4. The van der Waals surface area contributed by atoms with Crippen LogP contribution in [0.4, 0.5) is 13.2 Å². The summed E-state index contributed by atoms with van der Waals surface area (Å²) in [5.74, 6) is -0.791. The van der Waals surface area contributed by atoms with Crippen LogP contribution >= 0.6 is 0 Å². The van der Waals surface area contributed by atoms with Crippen LogP contribution in [0.15, 0.2) is 42.6 Å². The van der Waals surface area contributed by atoms with Crippen LogP contribution in [0.3, 0.4) is 0 Å². The summed E-state index contributed by atoms with van der Waals surface area (Å²) in [6.07, 6.45) is 2.27. The van der Waals surface area contributed by atoms with Crippen LogP contribution in [0.1, 0.15) is 61.5 Å². The van der Waals surface area contributed by atoms with Crippen LogP contribution < -0.4 is 9.47 Å². The topological polar surface area (TPSA) is 89.7 Å². The first-order chi connectivity index (χ1) is 19.0. The number of halogens is 3. The van der Waals surface area contributed by atoms with Crippen molar-refractivity contribution in [3.8, 4) is 28.3 Å². The van der Waals surface area contributed by atoms with E-state index in [9.17, 15) is 18.7 Å². The lowest BCUT2D eigenvalue weighted by Crippen LogP contribution is -2.30. The smallest absolute Gasteiger partial charge is 0.387 e. The molecule has 4 aromatic rings. The van der Waals surface area contributed by atoms with Gasteiger partial charge in [-0.05, 0) is 50.1 Å². The van der Waals surface area contributed by atoms with E-state index in [0.29, 0.717) is 29.9 Å². The average Bonchev–Trinajstić information content (AvgIpc) is 3.28. The summed E-state index contributed by atoms with van der Waals surface area (Å²) in [4.78, 5) is 24.0. The number of alkyl halides is 2. The van der Waals surface area contributed by atoms with Gasteiger partial charge < -0.3 is 19.5 Å². The monoisotopic (exact) mass is 554 g/mol. The Balaban J connectivity index is 1.82. The van der Waals surface area contributed by atoms with Crippen molar-refractivity contribution in [1.82, 2.24) is 19.4 Å². The third-order valence-electron chi connectivity index (χ3n) is 7.51. The molecule has 2 atom stereocenters. The molecule has 1 aliphatic heterocycles. The lowest BCUT2D eigenvalue weighted by atomic mass is 9.96. The van der Waals surface area contributed by atoms with Crippen LogP contribution in [-0.4, -0.2) is 51.2 Å². The first kappa shape index (κ1) is 27.4. The van der Waals surface area contributed by atoms with Gasteiger partial charge in [0.15, 0.2) is 11.6 Å². The molecule has 3 heterocycles. The van der Waals surface area contributed by atoms with E-state index in [0.717, 1.165) is 0 Å². The van der Waals surface area contributed by atoms with Crippen molar-refractivity contribution in [2.24, 2.45) is 0 Å². The fourth-order valence-electron chi connectivity index (χ4n) is 5.22. The van der Waals surface area contributed by atoms with Gasteiger partial charge in [-0.25, -0.2) is 9.37 Å². The van der Waals surface area contributed by atoms with Crippen LogP contribution in [-0.2, 0) is 5.60 Å². The molecule has 1 N–H and O–H groups in total. The lowest BCUT2D eigenvalue weighted by Gasteiger charge is -2.24. The Bertz CT molecular complexity index is 1620. The van der Waals surface area contributed by atoms with Crippen LogP contribution in [0.5, 0.6) is 11.5 Å². The molecule has 0 saturated heterocycles. The summed E-state index contributed by atoms with van der Waals surface area (Å²) in [5, 5.41) is 10.7. The summed E-state index contributed by atoms with van der Waals surface area (Å²) in [6, 6.07) is 8.46. The summed E-state index contributed by atoms with van der Waals surface area (Å²) >= 11 is 0. The molecule has 0 spiro atoms. The quantitative estimate of drug-likeness (QED) is 0.302. The van der Waals surface area contributed by atoms with Crippen molar-refractivity contribution in [2.45, 2.75) is 51.9 Å². The van der Waals surface area contributed by atoms with Crippen LogP contribution in [0, 0.1) is 5.82 Å². The molecule has 11 heteroatoms. The number of carbonyl (C=O) groups excluding carboxylic acids is 1. The Kier molecular flexibility index (Phi) is 6.95. The molecule has 2 aromatic heterocycles. The zero-order valence-corrected chi connectivity index (χ0v) is 22.7. The van der Waals surface area contributed by atoms with Gasteiger partial charge in [-0.2, -0.15) is 8.78 Å². The van der Waals surface area contributed by atoms with Gasteiger partial charge in [0.1, 0.15) is 34.1 Å². The highest BCUT2D eigenvalue weighted by Gasteiger charge is 2.36. The second-order valence-electron chi connectivity index (χ2n) is 9.87. The number of aliphatic hydroxyl groups is 1. The van der Waals surface area contributed by atoms with Gasteiger partial charge in [0, 0.05) is 24.4 Å². The molecule has 0 radical (unpaired) electrons. The van der Waals surface area contributed by atoms with E-state index in [4.69, 9.17) is 9.47 Å². The van der Waals surface area contributed by atoms with Crippen molar-refractivity contribution in [3.63, 3.8) is 0 Å². The highest BCUT2D eigenvalue weighted by Crippen LogP contribution is 2.42. The number of amides is 1. The molecule has 1 aliphatic rings. The standard InChI is InChI=1S/C29H29F3N4O4/c1-6-19-26-34-18-12-11-16(15-13-21(39-5)25(33-14-15)29(3,38)7-2)22(30)24(18)36(26)23-17(27(37)35(19)4)9-8-10-20(23)40-28(31)32/h8-14,19,28,38H,6-7H2,1-5H3. The Morgan fingerprint density at radius 2 is 1.90 bits per heavy atom. The van der Waals surface area contributed by atoms with Crippen molar-refractivity contribution in [1.29, 1.82) is 0 Å². The van der Waals surface area contributed by atoms with Gasteiger partial charge in [-0.15, -0.1) is 0 Å². The second kappa shape index (κ2) is 10.1. The Morgan fingerprint density at radius 1 is 1.15 bits per heavy atom. The number of hydrogen-bond donors (Lipinski definition) is 1. The van der Waals surface area contributed by atoms with E-state index in [-0.39, 0.29) is 39.3 Å². The maximum absolute atomic E-state index is 16.6. The third-order valence-corrected chi connectivity index (χ3v) is 7.51. The second-order valence-corrected chi connectivity index (χ2v) is 9.87. The zero-order chi connectivity index (χ0) is 28.9. The van der Waals surface area contributed by atoms with E-state index in [1.807, 2.05) is 13.8 Å². The predicted molar refractivity (Wildman–Crippen MR) is 142 cm³/mol. The summed E-state index contributed by atoms with van der Waals surface area (Å²) in [7, 11) is 3.04. The maximum atomic E-state index is 16.6. The molecule has 8 nitrogen and oxygen atoms in total. The molecule has 0 aliphatic carbocycles. The summed E-state index contributed by atoms with van der Waals surface area (Å²) in [5.41, 5.74) is -0.0667. The number of imidazole rings is 1. The minimum absolute atomic E-state index is 0.00390. The normalized spacial score (nSPS) is 16.5. The van der Waals surface area contributed by atoms with Crippen molar-refractivity contribution in [2.75, 3.05) is 14.2 Å². The van der Waals surface area contributed by atoms with Gasteiger partial charge in [0.2, 0.25) is 0 Å². The minimum atomic E-state index is -3.17. The minimum Gasteiger partial charge on any atom is -0.495 e. The average molecular weight is 555 g/mol. The Hall–Kier alpha value is -4.12. The highest BCUT2D eigenvalue weighted by atomic mass is 19.3. The van der Waals surface area contributed by atoms with E-state index >= 15 is 4.39 Å². The molecule has 210 valence electrons. The molecule has 2 aromatic carbocycles. The zero-order valence-electron chi connectivity index (χ0n) is 22.7. The summed E-state index contributed by atoms with van der Waals surface area (Å²) in [6.45, 7) is 2.12. The van der Waals surface area contributed by atoms with Crippen LogP contribution in [0.2, 0.25) is 0 Å². The Labute approximate surface area is 229 Å². The first-order valence-corrected chi connectivity index (χ1v) is 12.9. The van der Waals surface area contributed by atoms with E-state index in [1.54, 1.807) is 32.2 Å². The number of fused-ring (bicyclic) bond motifs is 5. The predicted octanol–water partition coefficient (Wildman–Crippen LogP) is 5.99. The van der Waals surface area contributed by atoms with Crippen molar-refractivity contribution >= 4 is 16.9 Å². The fourth-order valence-corrected chi connectivity index (χ4v) is 5.22. The molecule has 0 fully saturated rings. The van der Waals surface area contributed by atoms with Crippen molar-refractivity contribution in [3.05, 3.63) is 65.5 Å². The molecule has 40 heavy (non-hydrogen) atoms. The highest BCUT2D eigenvalue weighted by molar-refractivity contribution is 6.01. The maximum Gasteiger partial charge on any atom is 0.387 e. The largest absolute Gasteiger partial charge is 0.495 e. The first-order valence-electron chi connectivity index (χ1n) is 12.9. The number of aromatic nitrogens is 3. The van der Waals surface area contributed by atoms with Gasteiger partial charge in [-0.1, -0.05) is 19.9 Å². The van der Waals surface area contributed by atoms with Crippen LogP contribution in [0.25, 0.3) is 27.8 Å². The SMILES string of the molecule is CCC1c2nc3ccc(-c4cnc(C(C)(O)CC)c(OC)c4)c(F)c3n2-c2c(OC(F)F)cccc2C(=O)N1C. The van der Waals surface area contributed by atoms with E-state index in [1.165, 1.54) is 41.0 Å². The number of hydrogen-bond acceptors (Lipinski definition) is 6. The molecule has 0 bridgehead atoms. The van der Waals surface area contributed by atoms with E-state index < -0.39 is 30.0 Å². The molecular weight excluding hydrogens is 525 g/mol. The molecule has 1 amide bonds. The van der Waals surface area contributed by atoms with Gasteiger partial charge in [0.05, 0.1) is 24.2 Å². The van der Waals surface area contributed by atoms with Gasteiger partial charge in [-0.3, -0.25) is 14.3 Å². The van der Waals surface area contributed by atoms with E-state index in [2.05, 4.69) is 9.97 Å². The number of carbonyl (C=O) groups is 1. The number of ether oxygens (including phenoxy) is 2. The fraction of sp³-hybridized carbons (Fsp3) is 0.345. The number of methoxy groups -OCH3 is 1. The third kappa shape index (κ3) is 4.25. The molecule has 5 rings (SSSR count). The Morgan fingerprint density at radius 3 is 2.55 bits per heavy atom. The van der Waals surface area contributed by atoms with Gasteiger partial charge >= 0.3 is 6.61 Å². The number of nitrogens with zero attached hydrogens (tertiary/aromatic N) is 4. The number of para-hydroxylation sites is 1. The number of benzene rings is 2. The van der Waals surface area contributed by atoms with Gasteiger partial charge in [0.25, 0.3) is 5.91 Å². The number of rotatable bonds is 7. The lowest BCUT2D eigenvalue weighted by molar-refractivity contribution is -0.0498. The molecule has 0 saturated carbocycles. The van der Waals surface area contributed by atoms with Crippen molar-refractivity contribution < 1.29 is 32.5 Å².